The Kier molecular flexibility index (Phi) is 4.10. The SMILES string of the molecule is O=C1N(CC2CCC2)CCC[C@@]12CCN(c1nnnn1-c1ccccc1)C2. The summed E-state index contributed by atoms with van der Waals surface area (Å²) >= 11 is 0. The highest BCUT2D eigenvalue weighted by Crippen LogP contribution is 2.42. The molecule has 3 aliphatic rings. The second-order valence-electron chi connectivity index (χ2n) is 8.33. The third-order valence-corrected chi connectivity index (χ3v) is 6.62. The lowest BCUT2D eigenvalue weighted by molar-refractivity contribution is -0.146. The Morgan fingerprint density at radius 1 is 1.07 bits per heavy atom. The molecule has 27 heavy (non-hydrogen) atoms. The van der Waals surface area contributed by atoms with Crippen molar-refractivity contribution < 1.29 is 4.79 Å². The van der Waals surface area contributed by atoms with Crippen LogP contribution in [-0.4, -0.2) is 57.2 Å². The lowest BCUT2D eigenvalue weighted by Crippen LogP contribution is -2.52. The Balaban J connectivity index is 1.35. The number of anilines is 1. The largest absolute Gasteiger partial charge is 0.342 e. The van der Waals surface area contributed by atoms with Crippen LogP contribution in [-0.2, 0) is 4.79 Å². The first kappa shape index (κ1) is 16.7. The molecule has 2 saturated heterocycles. The zero-order valence-electron chi connectivity index (χ0n) is 15.6. The summed E-state index contributed by atoms with van der Waals surface area (Å²) in [6.45, 7) is 3.44. The van der Waals surface area contributed by atoms with Gasteiger partial charge in [0.05, 0.1) is 11.1 Å². The first-order valence-electron chi connectivity index (χ1n) is 10.1. The van der Waals surface area contributed by atoms with E-state index in [1.54, 1.807) is 4.68 Å². The van der Waals surface area contributed by atoms with Crippen molar-refractivity contribution in [2.24, 2.45) is 11.3 Å². The summed E-state index contributed by atoms with van der Waals surface area (Å²) in [5, 5.41) is 12.3. The molecule has 1 amide bonds. The molecule has 1 spiro atoms. The fourth-order valence-electron chi connectivity index (χ4n) is 4.85. The van der Waals surface area contributed by atoms with Crippen molar-refractivity contribution in [2.75, 3.05) is 31.1 Å². The van der Waals surface area contributed by atoms with Gasteiger partial charge in [0, 0.05) is 26.2 Å². The molecule has 1 atom stereocenters. The molecule has 0 N–H and O–H groups in total. The second kappa shape index (κ2) is 6.62. The first-order valence-corrected chi connectivity index (χ1v) is 10.1. The van der Waals surface area contributed by atoms with E-state index in [2.05, 4.69) is 25.3 Å². The number of carbonyl (C=O) groups excluding carboxylic acids is 1. The molecule has 7 heteroatoms. The Hall–Kier alpha value is -2.44. The molecule has 3 fully saturated rings. The van der Waals surface area contributed by atoms with Gasteiger partial charge < -0.3 is 9.80 Å². The minimum Gasteiger partial charge on any atom is -0.342 e. The van der Waals surface area contributed by atoms with E-state index in [0.29, 0.717) is 5.91 Å². The Morgan fingerprint density at radius 2 is 1.93 bits per heavy atom. The van der Waals surface area contributed by atoms with Crippen LogP contribution in [0.4, 0.5) is 5.95 Å². The van der Waals surface area contributed by atoms with Gasteiger partial charge in [0.1, 0.15) is 0 Å². The lowest BCUT2D eigenvalue weighted by atomic mass is 9.77. The van der Waals surface area contributed by atoms with E-state index in [0.717, 1.165) is 63.0 Å². The number of carbonyl (C=O) groups is 1. The Morgan fingerprint density at radius 3 is 2.70 bits per heavy atom. The molecule has 0 radical (unpaired) electrons. The van der Waals surface area contributed by atoms with Gasteiger partial charge in [0.25, 0.3) is 0 Å². The number of tetrazole rings is 1. The smallest absolute Gasteiger partial charge is 0.250 e. The van der Waals surface area contributed by atoms with Crippen LogP contribution < -0.4 is 4.90 Å². The molecular formula is C20H26N6O. The summed E-state index contributed by atoms with van der Waals surface area (Å²) in [4.78, 5) is 17.7. The van der Waals surface area contributed by atoms with Crippen LogP contribution in [0.15, 0.2) is 30.3 Å². The number of benzene rings is 1. The number of aromatic nitrogens is 4. The number of amides is 1. The number of hydrogen-bond acceptors (Lipinski definition) is 5. The molecule has 1 aliphatic carbocycles. The highest BCUT2D eigenvalue weighted by molar-refractivity contribution is 5.85. The van der Waals surface area contributed by atoms with Gasteiger partial charge in [-0.2, -0.15) is 4.68 Å². The van der Waals surface area contributed by atoms with Crippen LogP contribution in [0.5, 0.6) is 0 Å². The third kappa shape index (κ3) is 2.89. The minimum absolute atomic E-state index is 0.254. The monoisotopic (exact) mass is 366 g/mol. The Labute approximate surface area is 159 Å². The van der Waals surface area contributed by atoms with Crippen LogP contribution >= 0.6 is 0 Å². The van der Waals surface area contributed by atoms with E-state index in [9.17, 15) is 4.79 Å². The van der Waals surface area contributed by atoms with Crippen LogP contribution in [0, 0.1) is 11.3 Å². The standard InChI is InChI=1S/C20H26N6O/c27-18-20(10-5-12-24(18)14-16-6-4-7-16)11-13-25(15-20)19-21-22-23-26(19)17-8-2-1-3-9-17/h1-3,8-9,16H,4-7,10-15H2/t20-/m0/s1. The van der Waals surface area contributed by atoms with Crippen LogP contribution in [0.2, 0.25) is 0 Å². The minimum atomic E-state index is -0.254. The number of likely N-dealkylation sites (tertiary alicyclic amines) is 1. The molecule has 1 aromatic heterocycles. The van der Waals surface area contributed by atoms with Gasteiger partial charge in [-0.1, -0.05) is 29.7 Å². The predicted octanol–water partition coefficient (Wildman–Crippen LogP) is 2.28. The van der Waals surface area contributed by atoms with Crippen LogP contribution in [0.25, 0.3) is 5.69 Å². The number of rotatable bonds is 4. The van der Waals surface area contributed by atoms with Crippen molar-refractivity contribution in [2.45, 2.75) is 38.5 Å². The lowest BCUT2D eigenvalue weighted by Gasteiger charge is -2.42. The van der Waals surface area contributed by atoms with Crippen molar-refractivity contribution in [1.29, 1.82) is 0 Å². The Bertz CT molecular complexity index is 817. The van der Waals surface area contributed by atoms with Gasteiger partial charge in [0.2, 0.25) is 11.9 Å². The number of nitrogens with zero attached hydrogens (tertiary/aromatic N) is 6. The van der Waals surface area contributed by atoms with E-state index >= 15 is 0 Å². The van der Waals surface area contributed by atoms with Crippen LogP contribution in [0.3, 0.4) is 0 Å². The van der Waals surface area contributed by atoms with Crippen molar-refractivity contribution >= 4 is 11.9 Å². The average Bonchev–Trinajstić information content (AvgIpc) is 3.30. The average molecular weight is 366 g/mol. The highest BCUT2D eigenvalue weighted by Gasteiger charge is 2.49. The van der Waals surface area contributed by atoms with Crippen LogP contribution in [0.1, 0.15) is 38.5 Å². The maximum atomic E-state index is 13.3. The molecule has 142 valence electrons. The van der Waals surface area contributed by atoms with E-state index in [1.165, 1.54) is 19.3 Å². The van der Waals surface area contributed by atoms with Crippen molar-refractivity contribution in [3.8, 4) is 5.69 Å². The van der Waals surface area contributed by atoms with Crippen molar-refractivity contribution in [3.63, 3.8) is 0 Å². The van der Waals surface area contributed by atoms with Gasteiger partial charge in [-0.15, -0.1) is 0 Å². The maximum absolute atomic E-state index is 13.3. The maximum Gasteiger partial charge on any atom is 0.250 e. The zero-order chi connectivity index (χ0) is 18.3. The molecule has 0 bridgehead atoms. The van der Waals surface area contributed by atoms with Gasteiger partial charge in [-0.3, -0.25) is 4.79 Å². The zero-order valence-corrected chi connectivity index (χ0v) is 15.6. The summed E-state index contributed by atoms with van der Waals surface area (Å²) in [6.07, 6.45) is 6.89. The third-order valence-electron chi connectivity index (χ3n) is 6.62. The first-order chi connectivity index (χ1) is 13.3. The number of hydrogen-bond donors (Lipinski definition) is 0. The molecular weight excluding hydrogens is 340 g/mol. The topological polar surface area (TPSA) is 67.2 Å². The normalized spacial score (nSPS) is 26.0. The number of para-hydroxylation sites is 1. The van der Waals surface area contributed by atoms with E-state index in [-0.39, 0.29) is 5.41 Å². The molecule has 0 unspecified atom stereocenters. The van der Waals surface area contributed by atoms with Crippen molar-refractivity contribution in [1.82, 2.24) is 25.1 Å². The summed E-state index contributed by atoms with van der Waals surface area (Å²) in [5.41, 5.74) is 0.690. The predicted molar refractivity (Wildman–Crippen MR) is 102 cm³/mol. The van der Waals surface area contributed by atoms with Gasteiger partial charge in [0.15, 0.2) is 0 Å². The molecule has 1 saturated carbocycles. The highest BCUT2D eigenvalue weighted by atomic mass is 16.2. The number of piperidine rings is 1. The second-order valence-corrected chi connectivity index (χ2v) is 8.33. The molecule has 2 aliphatic heterocycles. The summed E-state index contributed by atoms with van der Waals surface area (Å²) < 4.78 is 1.78. The molecule has 3 heterocycles. The summed E-state index contributed by atoms with van der Waals surface area (Å²) in [7, 11) is 0. The molecule has 1 aromatic carbocycles. The van der Waals surface area contributed by atoms with Gasteiger partial charge in [-0.25, -0.2) is 0 Å². The van der Waals surface area contributed by atoms with Gasteiger partial charge >= 0.3 is 0 Å². The van der Waals surface area contributed by atoms with E-state index in [4.69, 9.17) is 0 Å². The van der Waals surface area contributed by atoms with E-state index < -0.39 is 0 Å². The van der Waals surface area contributed by atoms with E-state index in [1.807, 2.05) is 30.3 Å². The molecule has 2 aromatic rings. The molecule has 5 rings (SSSR count). The summed E-state index contributed by atoms with van der Waals surface area (Å²) in [5.74, 6) is 1.83. The summed E-state index contributed by atoms with van der Waals surface area (Å²) in [6, 6.07) is 9.94. The quantitative estimate of drug-likeness (QED) is 0.830. The molecule has 7 nitrogen and oxygen atoms in total. The fraction of sp³-hybridized carbons (Fsp3) is 0.600. The van der Waals surface area contributed by atoms with Gasteiger partial charge in [-0.05, 0) is 60.6 Å². The van der Waals surface area contributed by atoms with Crippen molar-refractivity contribution in [3.05, 3.63) is 30.3 Å². The fourth-order valence-corrected chi connectivity index (χ4v) is 4.85.